The van der Waals surface area contributed by atoms with Crippen molar-refractivity contribution in [1.29, 1.82) is 0 Å². The van der Waals surface area contributed by atoms with Gasteiger partial charge in [0.2, 0.25) is 5.91 Å². The lowest BCUT2D eigenvalue weighted by Gasteiger charge is -2.32. The number of carbonyl (C=O) groups is 4. The van der Waals surface area contributed by atoms with Crippen LogP contribution in [-0.2, 0) is 33.4 Å². The van der Waals surface area contributed by atoms with Gasteiger partial charge in [0.15, 0.2) is 6.10 Å². The van der Waals surface area contributed by atoms with E-state index in [9.17, 15) is 19.2 Å². The van der Waals surface area contributed by atoms with Gasteiger partial charge >= 0.3 is 17.9 Å². The summed E-state index contributed by atoms with van der Waals surface area (Å²) < 4.78 is 15.9. The molecule has 0 saturated carbocycles. The molecule has 258 valence electrons. The molecule has 0 aromatic rings. The summed E-state index contributed by atoms with van der Waals surface area (Å²) in [5.74, 6) is -1.83. The molecular weight excluding hydrogens is 558 g/mol. The predicted molar refractivity (Wildman–Crippen MR) is 177 cm³/mol. The maximum Gasteiger partial charge on any atom is 0.303 e. The summed E-state index contributed by atoms with van der Waals surface area (Å²) in [4.78, 5) is 47.5. The number of unbranched alkanes of at least 4 members (excludes halogenated alkanes) is 20. The van der Waals surface area contributed by atoms with Crippen LogP contribution in [0.25, 0.3) is 0 Å². The summed E-state index contributed by atoms with van der Waals surface area (Å²) in [6.45, 7) is 7.66. The van der Waals surface area contributed by atoms with E-state index in [0.717, 1.165) is 19.3 Å². The first-order valence-corrected chi connectivity index (χ1v) is 18.0. The molecular formula is C36H67NO7. The van der Waals surface area contributed by atoms with E-state index in [1.807, 2.05) is 0 Å². The third kappa shape index (κ3) is 26.3. The van der Waals surface area contributed by atoms with E-state index < -0.39 is 36.2 Å². The van der Waals surface area contributed by atoms with Crippen LogP contribution >= 0.6 is 0 Å². The first-order valence-electron chi connectivity index (χ1n) is 18.0. The lowest BCUT2D eigenvalue weighted by atomic mass is 10.0. The molecule has 0 spiro atoms. The summed E-state index contributed by atoms with van der Waals surface area (Å²) in [5.41, 5.74) is 0. The van der Waals surface area contributed by atoms with Gasteiger partial charge in [-0.2, -0.15) is 0 Å². The highest BCUT2D eigenvalue weighted by Crippen LogP contribution is 2.17. The fourth-order valence-electron chi connectivity index (χ4n) is 5.63. The topological polar surface area (TPSA) is 108 Å². The van der Waals surface area contributed by atoms with Gasteiger partial charge in [-0.15, -0.1) is 0 Å². The minimum Gasteiger partial charge on any atom is -0.464 e. The van der Waals surface area contributed by atoms with Crippen LogP contribution in [0.2, 0.25) is 0 Å². The second-order valence-corrected chi connectivity index (χ2v) is 12.4. The zero-order chi connectivity index (χ0) is 32.8. The van der Waals surface area contributed by atoms with Crippen molar-refractivity contribution in [3.05, 3.63) is 0 Å². The predicted octanol–water partition coefficient (Wildman–Crippen LogP) is 8.91. The van der Waals surface area contributed by atoms with Crippen LogP contribution in [0.1, 0.15) is 182 Å². The monoisotopic (exact) mass is 625 g/mol. The van der Waals surface area contributed by atoms with Crippen molar-refractivity contribution in [3.8, 4) is 0 Å². The molecule has 0 heterocycles. The number of hydrogen-bond donors (Lipinski definition) is 1. The maximum atomic E-state index is 12.7. The van der Waals surface area contributed by atoms with E-state index in [1.54, 1.807) is 6.92 Å². The van der Waals surface area contributed by atoms with E-state index in [1.165, 1.54) is 136 Å². The van der Waals surface area contributed by atoms with Crippen LogP contribution in [0, 0.1) is 0 Å². The Bertz CT molecular complexity index is 742. The van der Waals surface area contributed by atoms with Crippen molar-refractivity contribution in [1.82, 2.24) is 5.32 Å². The number of nitrogens with one attached hydrogen (secondary N) is 1. The molecule has 1 amide bonds. The first-order chi connectivity index (χ1) is 21.2. The molecule has 0 aliphatic carbocycles. The summed E-state index contributed by atoms with van der Waals surface area (Å²) >= 11 is 0. The van der Waals surface area contributed by atoms with Crippen molar-refractivity contribution >= 4 is 23.8 Å². The lowest BCUT2D eigenvalue weighted by Crippen LogP contribution is -2.53. The van der Waals surface area contributed by atoms with Crippen molar-refractivity contribution in [2.24, 2.45) is 0 Å². The standard InChI is InChI=1S/C36H67NO7/c1-6-8-9-10-11-12-13-14-15-16-17-18-19-20-21-22-23-24-25-26-27-28-35(41)37-33(29-42-30(3)38)36(44-32(5)40)34(7-2)43-31(4)39/h33-34,36H,6-29H2,1-5H3,(H,37,41)/t33-,34+,36-/m0/s1. The average Bonchev–Trinajstić information content (AvgIpc) is 2.97. The molecule has 0 aromatic heterocycles. The van der Waals surface area contributed by atoms with Gasteiger partial charge in [-0.05, 0) is 12.8 Å². The highest BCUT2D eigenvalue weighted by atomic mass is 16.6. The Kier molecular flexibility index (Phi) is 28.2. The summed E-state index contributed by atoms with van der Waals surface area (Å²) in [7, 11) is 0. The van der Waals surface area contributed by atoms with Crippen molar-refractivity contribution in [3.63, 3.8) is 0 Å². The van der Waals surface area contributed by atoms with Crippen LogP contribution < -0.4 is 5.32 Å². The minimum absolute atomic E-state index is 0.184. The largest absolute Gasteiger partial charge is 0.464 e. The first kappa shape index (κ1) is 41.9. The summed E-state index contributed by atoms with van der Waals surface area (Å²) in [5, 5.41) is 2.84. The molecule has 1 N–H and O–H groups in total. The number of rotatable bonds is 30. The van der Waals surface area contributed by atoms with Gasteiger partial charge in [0.1, 0.15) is 18.8 Å². The fourth-order valence-corrected chi connectivity index (χ4v) is 5.63. The molecule has 0 unspecified atom stereocenters. The van der Waals surface area contributed by atoms with Gasteiger partial charge < -0.3 is 19.5 Å². The molecule has 0 fully saturated rings. The van der Waals surface area contributed by atoms with Crippen molar-refractivity contribution < 1.29 is 33.4 Å². The van der Waals surface area contributed by atoms with Gasteiger partial charge in [-0.1, -0.05) is 142 Å². The maximum absolute atomic E-state index is 12.7. The van der Waals surface area contributed by atoms with Crippen LogP contribution in [0.5, 0.6) is 0 Å². The molecule has 0 aliphatic rings. The van der Waals surface area contributed by atoms with Crippen LogP contribution in [0.15, 0.2) is 0 Å². The molecule has 44 heavy (non-hydrogen) atoms. The van der Waals surface area contributed by atoms with Gasteiger partial charge in [0, 0.05) is 27.2 Å². The SMILES string of the molecule is CCCCCCCCCCCCCCCCCCCCCCCC(=O)N[C@@H](COC(C)=O)[C@H](OC(C)=O)[C@@H](CC)OC(C)=O. The summed E-state index contributed by atoms with van der Waals surface area (Å²) in [6, 6.07) is -0.825. The fraction of sp³-hybridized carbons (Fsp3) is 0.889. The Balaban J connectivity index is 4.02. The number of amides is 1. The van der Waals surface area contributed by atoms with Crippen molar-refractivity contribution in [2.75, 3.05) is 6.61 Å². The molecule has 8 nitrogen and oxygen atoms in total. The Hall–Kier alpha value is -2.12. The Morgan fingerprint density at radius 2 is 0.909 bits per heavy atom. The molecule has 0 aromatic carbocycles. The Labute approximate surface area is 269 Å². The lowest BCUT2D eigenvalue weighted by molar-refractivity contribution is -0.171. The number of esters is 3. The number of ether oxygens (including phenoxy) is 3. The van der Waals surface area contributed by atoms with E-state index in [4.69, 9.17) is 14.2 Å². The van der Waals surface area contributed by atoms with E-state index in [2.05, 4.69) is 12.2 Å². The molecule has 0 aliphatic heterocycles. The molecule has 0 radical (unpaired) electrons. The second-order valence-electron chi connectivity index (χ2n) is 12.4. The van der Waals surface area contributed by atoms with Gasteiger partial charge in [-0.25, -0.2) is 0 Å². The second kappa shape index (κ2) is 29.6. The Morgan fingerprint density at radius 3 is 1.25 bits per heavy atom. The normalized spacial score (nSPS) is 13.1. The van der Waals surface area contributed by atoms with Gasteiger partial charge in [0.25, 0.3) is 0 Å². The number of hydrogen-bond acceptors (Lipinski definition) is 7. The van der Waals surface area contributed by atoms with Crippen molar-refractivity contribution in [2.45, 2.75) is 201 Å². The number of carbonyl (C=O) groups excluding carboxylic acids is 4. The average molecular weight is 626 g/mol. The smallest absolute Gasteiger partial charge is 0.303 e. The molecule has 3 atom stereocenters. The molecule has 0 bridgehead atoms. The minimum atomic E-state index is -0.968. The van der Waals surface area contributed by atoms with Gasteiger partial charge in [0.05, 0.1) is 0 Å². The molecule has 0 rings (SSSR count). The Morgan fingerprint density at radius 1 is 0.523 bits per heavy atom. The van der Waals surface area contributed by atoms with Crippen LogP contribution in [-0.4, -0.2) is 48.7 Å². The third-order valence-corrected chi connectivity index (χ3v) is 8.10. The zero-order valence-electron chi connectivity index (χ0n) is 29.1. The summed E-state index contributed by atoms with van der Waals surface area (Å²) in [6.07, 6.45) is 26.4. The third-order valence-electron chi connectivity index (χ3n) is 8.10. The van der Waals surface area contributed by atoms with E-state index >= 15 is 0 Å². The molecule has 0 saturated heterocycles. The van der Waals surface area contributed by atoms with Crippen LogP contribution in [0.3, 0.4) is 0 Å². The highest BCUT2D eigenvalue weighted by molar-refractivity contribution is 5.76. The van der Waals surface area contributed by atoms with Gasteiger partial charge in [-0.3, -0.25) is 19.2 Å². The molecule has 8 heteroatoms. The van der Waals surface area contributed by atoms with E-state index in [0.29, 0.717) is 12.8 Å². The van der Waals surface area contributed by atoms with Crippen LogP contribution in [0.4, 0.5) is 0 Å². The quantitative estimate of drug-likeness (QED) is 0.0482. The van der Waals surface area contributed by atoms with E-state index in [-0.39, 0.29) is 12.5 Å². The zero-order valence-corrected chi connectivity index (χ0v) is 29.1. The highest BCUT2D eigenvalue weighted by Gasteiger charge is 2.35.